The lowest BCUT2D eigenvalue weighted by molar-refractivity contribution is -0.00543. The van der Waals surface area contributed by atoms with E-state index in [1.807, 2.05) is 18.7 Å². The molecule has 3 heterocycles. The van der Waals surface area contributed by atoms with Gasteiger partial charge in [-0.05, 0) is 32.8 Å². The molecular formula is C20H26FN3O3. The lowest BCUT2D eigenvalue weighted by Gasteiger charge is -2.37. The van der Waals surface area contributed by atoms with Crippen molar-refractivity contribution in [2.24, 2.45) is 0 Å². The third-order valence-electron chi connectivity index (χ3n) is 5.46. The van der Waals surface area contributed by atoms with Crippen LogP contribution in [-0.4, -0.2) is 49.8 Å². The van der Waals surface area contributed by atoms with Gasteiger partial charge in [-0.3, -0.25) is 4.79 Å². The first-order chi connectivity index (χ1) is 13.1. The molecule has 2 aliphatic rings. The Hall–Kier alpha value is -2.15. The van der Waals surface area contributed by atoms with E-state index in [0.29, 0.717) is 29.9 Å². The van der Waals surface area contributed by atoms with Crippen molar-refractivity contribution in [1.29, 1.82) is 0 Å². The molecule has 27 heavy (non-hydrogen) atoms. The molecule has 146 valence electrons. The molecule has 0 aliphatic carbocycles. The number of aromatic nitrogens is 1. The van der Waals surface area contributed by atoms with Crippen molar-refractivity contribution in [3.8, 4) is 0 Å². The summed E-state index contributed by atoms with van der Waals surface area (Å²) in [7, 11) is 0. The first-order valence-electron chi connectivity index (χ1n) is 9.81. The zero-order valence-corrected chi connectivity index (χ0v) is 15.9. The molecule has 2 aliphatic heterocycles. The number of carbonyl (C=O) groups excluding carboxylic acids is 1. The molecule has 0 radical (unpaired) electrons. The van der Waals surface area contributed by atoms with Crippen LogP contribution < -0.4 is 9.80 Å². The van der Waals surface area contributed by atoms with E-state index >= 15 is 4.39 Å². The minimum atomic E-state index is -0.510. The van der Waals surface area contributed by atoms with E-state index in [9.17, 15) is 4.79 Å². The van der Waals surface area contributed by atoms with Crippen molar-refractivity contribution in [2.45, 2.75) is 51.7 Å². The third-order valence-corrected chi connectivity index (χ3v) is 5.46. The first kappa shape index (κ1) is 18.2. The van der Waals surface area contributed by atoms with Gasteiger partial charge < -0.3 is 19.1 Å². The van der Waals surface area contributed by atoms with Crippen LogP contribution in [0.1, 0.15) is 49.9 Å². The molecule has 0 spiro atoms. The maximum absolute atomic E-state index is 15.4. The summed E-state index contributed by atoms with van der Waals surface area (Å²) in [6.45, 7) is 6.71. The fourth-order valence-electron chi connectivity index (χ4n) is 4.32. The van der Waals surface area contributed by atoms with Crippen molar-refractivity contribution < 1.29 is 18.4 Å². The molecule has 2 saturated heterocycles. The number of rotatable bonds is 3. The Bertz CT molecular complexity index is 819. The minimum Gasteiger partial charge on any atom is -0.372 e. The highest BCUT2D eigenvalue weighted by atomic mass is 19.1. The fraction of sp³-hybridized carbons (Fsp3) is 0.600. The number of benzene rings is 1. The molecule has 6 nitrogen and oxygen atoms in total. The Morgan fingerprint density at radius 2 is 1.78 bits per heavy atom. The van der Waals surface area contributed by atoms with Crippen molar-refractivity contribution in [3.05, 3.63) is 17.4 Å². The Morgan fingerprint density at radius 1 is 1.11 bits per heavy atom. The van der Waals surface area contributed by atoms with E-state index in [1.165, 1.54) is 12.8 Å². The van der Waals surface area contributed by atoms with Gasteiger partial charge in [0.2, 0.25) is 5.58 Å². The average Bonchev–Trinajstić information content (AvgIpc) is 2.87. The van der Waals surface area contributed by atoms with Crippen molar-refractivity contribution >= 4 is 28.8 Å². The molecule has 7 heteroatoms. The van der Waals surface area contributed by atoms with Gasteiger partial charge in [-0.15, -0.1) is 0 Å². The minimum absolute atomic E-state index is 0.0364. The maximum atomic E-state index is 15.4. The summed E-state index contributed by atoms with van der Waals surface area (Å²) < 4.78 is 26.6. The number of nitrogens with zero attached hydrogens (tertiary/aromatic N) is 3. The molecule has 0 unspecified atom stereocenters. The highest BCUT2D eigenvalue weighted by Gasteiger charge is 2.30. The number of halogens is 1. The van der Waals surface area contributed by atoms with Crippen molar-refractivity contribution in [2.75, 3.05) is 36.0 Å². The van der Waals surface area contributed by atoms with Gasteiger partial charge >= 0.3 is 0 Å². The molecule has 4 rings (SSSR count). The number of ether oxygens (including phenoxy) is 1. The molecule has 1 aromatic heterocycles. The van der Waals surface area contributed by atoms with E-state index in [0.717, 1.165) is 32.2 Å². The highest BCUT2D eigenvalue weighted by molar-refractivity contribution is 5.99. The fourth-order valence-corrected chi connectivity index (χ4v) is 4.32. The SMILES string of the molecule is C[C@@H]1CN(c2c(C=O)cc3c(N4CCCCCC4)noc3c2F)C[C@H](C)O1. The largest absolute Gasteiger partial charge is 0.372 e. The Labute approximate surface area is 158 Å². The standard InChI is InChI=1S/C20H26FN3O3/c1-13-10-24(11-14(2)26-13)18-15(12-25)9-16-19(17(18)21)27-22-20(16)23-7-5-3-4-6-8-23/h9,12-14H,3-8,10-11H2,1-2H3/t13-,14+. The molecule has 0 amide bonds. The molecule has 2 fully saturated rings. The number of aldehydes is 1. The monoisotopic (exact) mass is 375 g/mol. The van der Waals surface area contributed by atoms with Crippen molar-refractivity contribution in [1.82, 2.24) is 5.16 Å². The van der Waals surface area contributed by atoms with Crippen LogP contribution in [0.15, 0.2) is 10.6 Å². The number of anilines is 2. The van der Waals surface area contributed by atoms with Crippen LogP contribution in [0.25, 0.3) is 11.0 Å². The molecule has 1 aromatic carbocycles. The molecular weight excluding hydrogens is 349 g/mol. The molecule has 0 N–H and O–H groups in total. The lowest BCUT2D eigenvalue weighted by atomic mass is 10.1. The van der Waals surface area contributed by atoms with Crippen LogP contribution in [-0.2, 0) is 4.74 Å². The molecule has 2 aromatic rings. The topological polar surface area (TPSA) is 58.8 Å². The van der Waals surface area contributed by atoms with Gasteiger partial charge in [0, 0.05) is 31.7 Å². The Kier molecular flexibility index (Phi) is 5.04. The summed E-state index contributed by atoms with van der Waals surface area (Å²) in [4.78, 5) is 15.8. The summed E-state index contributed by atoms with van der Waals surface area (Å²) in [6.07, 6.45) is 5.20. The summed E-state index contributed by atoms with van der Waals surface area (Å²) in [5.41, 5.74) is 0.750. The van der Waals surface area contributed by atoms with Gasteiger partial charge in [-0.2, -0.15) is 0 Å². The molecule has 2 atom stereocenters. The van der Waals surface area contributed by atoms with Gasteiger partial charge in [0.15, 0.2) is 17.9 Å². The van der Waals surface area contributed by atoms with E-state index < -0.39 is 5.82 Å². The smallest absolute Gasteiger partial charge is 0.206 e. The predicted molar refractivity (Wildman–Crippen MR) is 102 cm³/mol. The second-order valence-electron chi connectivity index (χ2n) is 7.69. The van der Waals surface area contributed by atoms with Gasteiger partial charge in [0.25, 0.3) is 0 Å². The van der Waals surface area contributed by atoms with Crippen LogP contribution >= 0.6 is 0 Å². The summed E-state index contributed by atoms with van der Waals surface area (Å²) in [5.74, 6) is 0.133. The van der Waals surface area contributed by atoms with Crippen LogP contribution in [0.3, 0.4) is 0 Å². The maximum Gasteiger partial charge on any atom is 0.206 e. The van der Waals surface area contributed by atoms with E-state index in [4.69, 9.17) is 9.26 Å². The summed E-state index contributed by atoms with van der Waals surface area (Å²) in [6, 6.07) is 1.72. The number of hydrogen-bond acceptors (Lipinski definition) is 6. The second kappa shape index (κ2) is 7.46. The van der Waals surface area contributed by atoms with Crippen LogP contribution in [0.2, 0.25) is 0 Å². The summed E-state index contributed by atoms with van der Waals surface area (Å²) in [5, 5.41) is 4.74. The quantitative estimate of drug-likeness (QED) is 0.761. The van der Waals surface area contributed by atoms with E-state index in [-0.39, 0.29) is 23.5 Å². The van der Waals surface area contributed by atoms with E-state index in [2.05, 4.69) is 10.1 Å². The number of carbonyl (C=O) groups is 1. The number of fused-ring (bicyclic) bond motifs is 1. The number of morpholine rings is 1. The normalized spacial score (nSPS) is 24.3. The van der Waals surface area contributed by atoms with Crippen LogP contribution in [0, 0.1) is 5.82 Å². The van der Waals surface area contributed by atoms with Gasteiger partial charge in [-0.1, -0.05) is 18.0 Å². The zero-order valence-electron chi connectivity index (χ0n) is 15.9. The Morgan fingerprint density at radius 3 is 2.41 bits per heavy atom. The van der Waals surface area contributed by atoms with Gasteiger partial charge in [-0.25, -0.2) is 4.39 Å². The van der Waals surface area contributed by atoms with Crippen molar-refractivity contribution in [3.63, 3.8) is 0 Å². The van der Waals surface area contributed by atoms with Crippen LogP contribution in [0.5, 0.6) is 0 Å². The van der Waals surface area contributed by atoms with Crippen LogP contribution in [0.4, 0.5) is 15.9 Å². The average molecular weight is 375 g/mol. The first-order valence-corrected chi connectivity index (χ1v) is 9.81. The van der Waals surface area contributed by atoms with Gasteiger partial charge in [0.05, 0.1) is 23.3 Å². The number of hydrogen-bond donors (Lipinski definition) is 0. The highest BCUT2D eigenvalue weighted by Crippen LogP contribution is 2.37. The summed E-state index contributed by atoms with van der Waals surface area (Å²) >= 11 is 0. The van der Waals surface area contributed by atoms with E-state index in [1.54, 1.807) is 6.07 Å². The third kappa shape index (κ3) is 3.40. The zero-order chi connectivity index (χ0) is 19.0. The lowest BCUT2D eigenvalue weighted by Crippen LogP contribution is -2.46. The van der Waals surface area contributed by atoms with Gasteiger partial charge in [0.1, 0.15) is 0 Å². The second-order valence-corrected chi connectivity index (χ2v) is 7.69. The predicted octanol–water partition coefficient (Wildman–Crippen LogP) is 3.77. The molecule has 0 bridgehead atoms. The molecule has 0 saturated carbocycles. The Balaban J connectivity index is 1.78.